The van der Waals surface area contributed by atoms with E-state index in [1.165, 1.54) is 23.9 Å². The number of nitro benzene ring substituents is 1. The number of nitrogens with zero attached hydrogens (tertiary/aromatic N) is 2. The molecule has 2 aromatic rings. The average molecular weight is 522 g/mol. The quantitative estimate of drug-likeness (QED) is 0.243. The molecule has 0 radical (unpaired) electrons. The van der Waals surface area contributed by atoms with E-state index in [0.29, 0.717) is 18.8 Å². The standard InChI is InChI=1S/C23H28BrN3O4S/c1-3-4-13-25-23(29)17(2)26(14-18-5-9-20(24)10-6-18)22(28)16-32-15-19-7-11-21(12-8-19)27(30)31/h5-12,17H,3-4,13-16H2,1-2H3,(H,25,29)/t17-/m0/s1. The molecule has 7 nitrogen and oxygen atoms in total. The number of rotatable bonds is 12. The molecule has 9 heteroatoms. The number of nitrogens with one attached hydrogen (secondary N) is 1. The topological polar surface area (TPSA) is 92.6 Å². The van der Waals surface area contributed by atoms with E-state index in [9.17, 15) is 19.7 Å². The normalized spacial score (nSPS) is 11.6. The Bertz CT molecular complexity index is 906. The van der Waals surface area contributed by atoms with E-state index in [2.05, 4.69) is 28.2 Å². The number of hydrogen-bond acceptors (Lipinski definition) is 5. The van der Waals surface area contributed by atoms with Gasteiger partial charge in [0, 0.05) is 35.4 Å². The second kappa shape index (κ2) is 13.2. The first-order chi connectivity index (χ1) is 15.3. The minimum atomic E-state index is -0.594. The van der Waals surface area contributed by atoms with Crippen LogP contribution in [0.2, 0.25) is 0 Å². The third-order valence-corrected chi connectivity index (χ3v) is 6.42. The van der Waals surface area contributed by atoms with Crippen LogP contribution in [-0.2, 0) is 21.9 Å². The number of non-ortho nitro benzene ring substituents is 1. The Kier molecular flexibility index (Phi) is 10.7. The summed E-state index contributed by atoms with van der Waals surface area (Å²) in [6.07, 6.45) is 1.87. The van der Waals surface area contributed by atoms with Crippen molar-refractivity contribution >= 4 is 45.2 Å². The number of carbonyl (C=O) groups excluding carboxylic acids is 2. The molecule has 0 heterocycles. The molecular weight excluding hydrogens is 494 g/mol. The maximum absolute atomic E-state index is 13.1. The molecule has 172 valence electrons. The molecule has 0 aliphatic heterocycles. The summed E-state index contributed by atoms with van der Waals surface area (Å²) in [5, 5.41) is 13.7. The van der Waals surface area contributed by atoms with Gasteiger partial charge in [0.05, 0.1) is 10.7 Å². The van der Waals surface area contributed by atoms with E-state index in [1.54, 1.807) is 24.0 Å². The molecule has 0 saturated heterocycles. The van der Waals surface area contributed by atoms with E-state index in [1.807, 2.05) is 24.3 Å². The van der Waals surface area contributed by atoms with Gasteiger partial charge in [-0.15, -0.1) is 11.8 Å². The van der Waals surface area contributed by atoms with Crippen LogP contribution in [0.3, 0.4) is 0 Å². The number of nitro groups is 1. The Balaban J connectivity index is 2.02. The predicted octanol–water partition coefficient (Wildman–Crippen LogP) is 4.92. The SMILES string of the molecule is CCCCNC(=O)[C@H](C)N(Cc1ccc(Br)cc1)C(=O)CSCc1ccc([N+](=O)[O-])cc1. The van der Waals surface area contributed by atoms with Crippen molar-refractivity contribution in [1.82, 2.24) is 10.2 Å². The van der Waals surface area contributed by atoms with Gasteiger partial charge in [0.15, 0.2) is 0 Å². The molecule has 1 N–H and O–H groups in total. The van der Waals surface area contributed by atoms with Crippen molar-refractivity contribution in [3.8, 4) is 0 Å². The molecule has 2 rings (SSSR count). The van der Waals surface area contributed by atoms with E-state index in [0.717, 1.165) is 28.4 Å². The van der Waals surface area contributed by atoms with E-state index in [-0.39, 0.29) is 23.3 Å². The Morgan fingerprint density at radius 3 is 2.34 bits per heavy atom. The van der Waals surface area contributed by atoms with Gasteiger partial charge in [-0.3, -0.25) is 19.7 Å². The summed E-state index contributed by atoms with van der Waals surface area (Å²) in [6, 6.07) is 13.4. The van der Waals surface area contributed by atoms with Gasteiger partial charge in [-0.2, -0.15) is 0 Å². The van der Waals surface area contributed by atoms with Crippen LogP contribution < -0.4 is 5.32 Å². The van der Waals surface area contributed by atoms with Crippen molar-refractivity contribution in [1.29, 1.82) is 0 Å². The maximum atomic E-state index is 13.1. The molecular formula is C23H28BrN3O4S. The number of carbonyl (C=O) groups is 2. The zero-order valence-electron chi connectivity index (χ0n) is 18.3. The largest absolute Gasteiger partial charge is 0.354 e. The first-order valence-corrected chi connectivity index (χ1v) is 12.4. The van der Waals surface area contributed by atoms with Crippen LogP contribution >= 0.6 is 27.7 Å². The summed E-state index contributed by atoms with van der Waals surface area (Å²) >= 11 is 4.83. The molecule has 0 saturated carbocycles. The number of halogens is 1. The average Bonchev–Trinajstić information content (AvgIpc) is 2.78. The Morgan fingerprint density at radius 2 is 1.75 bits per heavy atom. The number of amides is 2. The molecule has 0 aromatic heterocycles. The van der Waals surface area contributed by atoms with Crippen molar-refractivity contribution in [2.75, 3.05) is 12.3 Å². The van der Waals surface area contributed by atoms with Crippen LogP contribution in [0.1, 0.15) is 37.8 Å². The molecule has 2 amide bonds. The lowest BCUT2D eigenvalue weighted by molar-refractivity contribution is -0.384. The zero-order chi connectivity index (χ0) is 23.5. The van der Waals surface area contributed by atoms with Gasteiger partial charge < -0.3 is 10.2 Å². The summed E-state index contributed by atoms with van der Waals surface area (Å²) in [5.41, 5.74) is 1.88. The first-order valence-electron chi connectivity index (χ1n) is 10.4. The molecule has 0 unspecified atom stereocenters. The lowest BCUT2D eigenvalue weighted by Crippen LogP contribution is -2.48. The van der Waals surface area contributed by atoms with Gasteiger partial charge in [0.2, 0.25) is 11.8 Å². The molecule has 0 fully saturated rings. The van der Waals surface area contributed by atoms with Crippen molar-refractivity contribution in [3.63, 3.8) is 0 Å². The molecule has 32 heavy (non-hydrogen) atoms. The van der Waals surface area contributed by atoms with E-state index < -0.39 is 11.0 Å². The van der Waals surface area contributed by atoms with E-state index >= 15 is 0 Å². The minimum Gasteiger partial charge on any atom is -0.354 e. The highest BCUT2D eigenvalue weighted by Crippen LogP contribution is 2.19. The number of thioether (sulfide) groups is 1. The van der Waals surface area contributed by atoms with Crippen LogP contribution in [0.25, 0.3) is 0 Å². The van der Waals surface area contributed by atoms with Gasteiger partial charge in [-0.25, -0.2) is 0 Å². The van der Waals surface area contributed by atoms with Crippen LogP contribution in [0, 0.1) is 10.1 Å². The van der Waals surface area contributed by atoms with Crippen molar-refractivity contribution in [2.24, 2.45) is 0 Å². The zero-order valence-corrected chi connectivity index (χ0v) is 20.7. The van der Waals surface area contributed by atoms with Gasteiger partial charge in [-0.05, 0) is 36.6 Å². The second-order valence-corrected chi connectivity index (χ2v) is 9.29. The summed E-state index contributed by atoms with van der Waals surface area (Å²) in [7, 11) is 0. The summed E-state index contributed by atoms with van der Waals surface area (Å²) in [5.74, 6) is 0.467. The first kappa shape index (κ1) is 25.9. The highest BCUT2D eigenvalue weighted by molar-refractivity contribution is 9.10. The van der Waals surface area contributed by atoms with Crippen molar-refractivity contribution in [3.05, 3.63) is 74.2 Å². The minimum absolute atomic E-state index is 0.0402. The number of unbranched alkanes of at least 4 members (excludes halogenated alkanes) is 1. The van der Waals surface area contributed by atoms with Gasteiger partial charge >= 0.3 is 0 Å². The van der Waals surface area contributed by atoms with Crippen molar-refractivity contribution < 1.29 is 14.5 Å². The van der Waals surface area contributed by atoms with Crippen LogP contribution in [0.4, 0.5) is 5.69 Å². The second-order valence-electron chi connectivity index (χ2n) is 7.39. The van der Waals surface area contributed by atoms with Crippen LogP contribution in [0.5, 0.6) is 0 Å². The third kappa shape index (κ3) is 8.27. The van der Waals surface area contributed by atoms with Gasteiger partial charge in [-0.1, -0.05) is 53.5 Å². The smallest absolute Gasteiger partial charge is 0.269 e. The van der Waals surface area contributed by atoms with Gasteiger partial charge in [0.1, 0.15) is 6.04 Å². The number of benzene rings is 2. The predicted molar refractivity (Wildman–Crippen MR) is 131 cm³/mol. The third-order valence-electron chi connectivity index (χ3n) is 4.90. The van der Waals surface area contributed by atoms with Crippen LogP contribution in [-0.4, -0.2) is 40.0 Å². The van der Waals surface area contributed by atoms with Gasteiger partial charge in [0.25, 0.3) is 5.69 Å². The highest BCUT2D eigenvalue weighted by Gasteiger charge is 2.25. The fraction of sp³-hybridized carbons (Fsp3) is 0.391. The summed E-state index contributed by atoms with van der Waals surface area (Å²) < 4.78 is 0.947. The van der Waals surface area contributed by atoms with Crippen molar-refractivity contribution in [2.45, 2.75) is 45.0 Å². The lowest BCUT2D eigenvalue weighted by atomic mass is 10.1. The summed E-state index contributed by atoms with van der Waals surface area (Å²) in [6.45, 7) is 4.74. The molecule has 1 atom stereocenters. The summed E-state index contributed by atoms with van der Waals surface area (Å²) in [4.78, 5) is 37.6. The molecule has 0 spiro atoms. The lowest BCUT2D eigenvalue weighted by Gasteiger charge is -2.29. The molecule has 0 bridgehead atoms. The molecule has 2 aromatic carbocycles. The monoisotopic (exact) mass is 521 g/mol. The van der Waals surface area contributed by atoms with Crippen LogP contribution in [0.15, 0.2) is 53.0 Å². The molecule has 0 aliphatic carbocycles. The Morgan fingerprint density at radius 1 is 1.12 bits per heavy atom. The fourth-order valence-corrected chi connectivity index (χ4v) is 4.09. The Hall–Kier alpha value is -2.39. The fourth-order valence-electron chi connectivity index (χ4n) is 2.96. The van der Waals surface area contributed by atoms with E-state index in [4.69, 9.17) is 0 Å². The molecule has 0 aliphatic rings. The number of hydrogen-bond donors (Lipinski definition) is 1. The Labute approximate surface area is 201 Å². The highest BCUT2D eigenvalue weighted by atomic mass is 79.9. The maximum Gasteiger partial charge on any atom is 0.269 e.